The molecule has 0 aromatic heterocycles. The molecule has 0 spiro atoms. The number of benzene rings is 1. The average Bonchev–Trinajstić information content (AvgIpc) is 2.39. The maximum atomic E-state index is 5.40. The van der Waals surface area contributed by atoms with Crippen molar-refractivity contribution < 1.29 is 9.47 Å². The van der Waals surface area contributed by atoms with E-state index in [-0.39, 0.29) is 0 Å². The second-order valence-corrected chi connectivity index (χ2v) is 4.54. The number of methoxy groups -OCH3 is 2. The highest BCUT2D eigenvalue weighted by Crippen LogP contribution is 2.37. The second kappa shape index (κ2) is 8.16. The second-order valence-electron chi connectivity index (χ2n) is 3.75. The van der Waals surface area contributed by atoms with Crippen molar-refractivity contribution in [2.24, 2.45) is 0 Å². The first-order valence-electron chi connectivity index (χ1n) is 6.02. The fourth-order valence-electron chi connectivity index (χ4n) is 1.62. The van der Waals surface area contributed by atoms with Crippen LogP contribution >= 0.6 is 15.9 Å². The smallest absolute Gasteiger partial charge is 0.144 e. The summed E-state index contributed by atoms with van der Waals surface area (Å²) in [6, 6.07) is 3.92. The van der Waals surface area contributed by atoms with E-state index in [1.54, 1.807) is 14.2 Å². The zero-order chi connectivity index (χ0) is 13.4. The van der Waals surface area contributed by atoms with Gasteiger partial charge < -0.3 is 14.8 Å². The van der Waals surface area contributed by atoms with E-state index in [1.807, 2.05) is 12.1 Å². The van der Waals surface area contributed by atoms with Crippen LogP contribution in [-0.2, 0) is 0 Å². The van der Waals surface area contributed by atoms with Gasteiger partial charge in [0.2, 0.25) is 0 Å². The van der Waals surface area contributed by atoms with Crippen LogP contribution in [0, 0.1) is 0 Å². The Kier molecular flexibility index (Phi) is 6.83. The topological polar surface area (TPSA) is 30.5 Å². The summed E-state index contributed by atoms with van der Waals surface area (Å²) in [6.45, 7) is 4.10. The number of ether oxygens (including phenoxy) is 2. The Labute approximate surface area is 117 Å². The molecule has 0 fully saturated rings. The van der Waals surface area contributed by atoms with Gasteiger partial charge in [0.15, 0.2) is 0 Å². The van der Waals surface area contributed by atoms with Crippen LogP contribution in [-0.4, -0.2) is 27.3 Å². The van der Waals surface area contributed by atoms with E-state index in [1.165, 1.54) is 0 Å². The molecule has 0 saturated carbocycles. The first-order chi connectivity index (χ1) is 8.74. The van der Waals surface area contributed by atoms with Gasteiger partial charge in [0, 0.05) is 5.56 Å². The molecule has 1 rings (SSSR count). The zero-order valence-electron chi connectivity index (χ0n) is 11.1. The molecular weight excluding hydrogens is 294 g/mol. The SMILES string of the molecule is CCNCC/C=C/c1ccc(OC)c(Br)c1OC. The molecule has 0 bridgehead atoms. The maximum absolute atomic E-state index is 5.40. The fourth-order valence-corrected chi connectivity index (χ4v) is 2.31. The predicted molar refractivity (Wildman–Crippen MR) is 79.4 cm³/mol. The summed E-state index contributed by atoms with van der Waals surface area (Å²) in [5, 5.41) is 3.28. The van der Waals surface area contributed by atoms with Crippen LogP contribution in [0.25, 0.3) is 6.08 Å². The van der Waals surface area contributed by atoms with Crippen molar-refractivity contribution in [3.05, 3.63) is 28.2 Å². The largest absolute Gasteiger partial charge is 0.495 e. The summed E-state index contributed by atoms with van der Waals surface area (Å²) in [5.41, 5.74) is 1.04. The van der Waals surface area contributed by atoms with E-state index in [0.29, 0.717) is 0 Å². The Morgan fingerprint density at radius 3 is 2.67 bits per heavy atom. The van der Waals surface area contributed by atoms with E-state index < -0.39 is 0 Å². The molecule has 0 heterocycles. The third-order valence-corrected chi connectivity index (χ3v) is 3.30. The van der Waals surface area contributed by atoms with E-state index in [2.05, 4.69) is 40.3 Å². The van der Waals surface area contributed by atoms with Gasteiger partial charge in [-0.15, -0.1) is 0 Å². The molecular formula is C14H20BrNO2. The summed E-state index contributed by atoms with van der Waals surface area (Å²) in [4.78, 5) is 0. The van der Waals surface area contributed by atoms with E-state index >= 15 is 0 Å². The lowest BCUT2D eigenvalue weighted by Gasteiger charge is -2.11. The molecule has 0 amide bonds. The molecule has 1 N–H and O–H groups in total. The molecule has 0 saturated heterocycles. The predicted octanol–water partition coefficient (Wildman–Crippen LogP) is 3.48. The quantitative estimate of drug-likeness (QED) is 0.782. The Hall–Kier alpha value is -1.00. The van der Waals surface area contributed by atoms with E-state index in [0.717, 1.165) is 41.0 Å². The molecule has 0 atom stereocenters. The van der Waals surface area contributed by atoms with Crippen LogP contribution < -0.4 is 14.8 Å². The molecule has 0 unspecified atom stereocenters. The molecule has 18 heavy (non-hydrogen) atoms. The Bertz CT molecular complexity index is 405. The number of halogens is 1. The summed E-state index contributed by atoms with van der Waals surface area (Å²) in [5.74, 6) is 1.57. The van der Waals surface area contributed by atoms with E-state index in [9.17, 15) is 0 Å². The average molecular weight is 314 g/mol. The summed E-state index contributed by atoms with van der Waals surface area (Å²) in [6.07, 6.45) is 5.21. The normalized spacial score (nSPS) is 10.9. The molecule has 0 aliphatic heterocycles. The van der Waals surface area contributed by atoms with Crippen LogP contribution in [0.5, 0.6) is 11.5 Å². The first kappa shape index (κ1) is 15.1. The van der Waals surface area contributed by atoms with Crippen molar-refractivity contribution in [2.75, 3.05) is 27.3 Å². The van der Waals surface area contributed by atoms with E-state index in [4.69, 9.17) is 9.47 Å². The minimum Gasteiger partial charge on any atom is -0.495 e. The highest BCUT2D eigenvalue weighted by atomic mass is 79.9. The fraction of sp³-hybridized carbons (Fsp3) is 0.429. The monoisotopic (exact) mass is 313 g/mol. The van der Waals surface area contributed by atoms with Gasteiger partial charge in [0.25, 0.3) is 0 Å². The molecule has 1 aromatic rings. The number of nitrogens with one attached hydrogen (secondary N) is 1. The van der Waals surface area contributed by atoms with Crippen molar-refractivity contribution in [1.29, 1.82) is 0 Å². The third-order valence-electron chi connectivity index (χ3n) is 2.55. The minimum atomic E-state index is 0.775. The van der Waals surface area contributed by atoms with Crippen molar-refractivity contribution in [1.82, 2.24) is 5.32 Å². The highest BCUT2D eigenvalue weighted by Gasteiger charge is 2.10. The van der Waals surface area contributed by atoms with Gasteiger partial charge in [-0.2, -0.15) is 0 Å². The lowest BCUT2D eigenvalue weighted by molar-refractivity contribution is 0.389. The molecule has 3 nitrogen and oxygen atoms in total. The van der Waals surface area contributed by atoms with Gasteiger partial charge >= 0.3 is 0 Å². The van der Waals surface area contributed by atoms with Crippen LogP contribution in [0.15, 0.2) is 22.7 Å². The first-order valence-corrected chi connectivity index (χ1v) is 6.81. The van der Waals surface area contributed by atoms with Crippen LogP contribution in [0.2, 0.25) is 0 Å². The molecule has 100 valence electrons. The molecule has 4 heteroatoms. The van der Waals surface area contributed by atoms with Crippen LogP contribution in [0.3, 0.4) is 0 Å². The van der Waals surface area contributed by atoms with Gasteiger partial charge in [-0.05, 0) is 47.6 Å². The number of rotatable bonds is 7. The Morgan fingerprint density at radius 1 is 1.28 bits per heavy atom. The number of hydrogen-bond donors (Lipinski definition) is 1. The molecule has 0 aliphatic rings. The van der Waals surface area contributed by atoms with Gasteiger partial charge in [0.1, 0.15) is 16.0 Å². The minimum absolute atomic E-state index is 0.775. The summed E-state index contributed by atoms with van der Waals surface area (Å²) < 4.78 is 11.5. The van der Waals surface area contributed by atoms with Gasteiger partial charge in [-0.3, -0.25) is 0 Å². The lowest BCUT2D eigenvalue weighted by Crippen LogP contribution is -2.12. The van der Waals surface area contributed by atoms with Crippen molar-refractivity contribution in [3.8, 4) is 11.5 Å². The van der Waals surface area contributed by atoms with Gasteiger partial charge in [-0.25, -0.2) is 0 Å². The molecule has 1 aromatic carbocycles. The van der Waals surface area contributed by atoms with Crippen molar-refractivity contribution >= 4 is 22.0 Å². The summed E-state index contributed by atoms with van der Waals surface area (Å²) >= 11 is 3.49. The third kappa shape index (κ3) is 4.03. The van der Waals surface area contributed by atoms with Gasteiger partial charge in [0.05, 0.1) is 14.2 Å². The number of hydrogen-bond acceptors (Lipinski definition) is 3. The highest BCUT2D eigenvalue weighted by molar-refractivity contribution is 9.10. The van der Waals surface area contributed by atoms with Crippen LogP contribution in [0.1, 0.15) is 18.9 Å². The van der Waals surface area contributed by atoms with Crippen molar-refractivity contribution in [3.63, 3.8) is 0 Å². The molecule has 0 aliphatic carbocycles. The Balaban J connectivity index is 2.79. The van der Waals surface area contributed by atoms with Crippen LogP contribution in [0.4, 0.5) is 0 Å². The van der Waals surface area contributed by atoms with Gasteiger partial charge in [-0.1, -0.05) is 19.1 Å². The lowest BCUT2D eigenvalue weighted by atomic mass is 10.1. The maximum Gasteiger partial charge on any atom is 0.144 e. The standard InChI is InChI=1S/C14H20BrNO2/c1-4-16-10-6-5-7-11-8-9-12(17-2)13(15)14(11)18-3/h5,7-9,16H,4,6,10H2,1-3H3/b7-5+. The molecule has 0 radical (unpaired) electrons. The Morgan fingerprint density at radius 2 is 2.06 bits per heavy atom. The zero-order valence-corrected chi connectivity index (χ0v) is 12.7. The summed E-state index contributed by atoms with van der Waals surface area (Å²) in [7, 11) is 3.31. The van der Waals surface area contributed by atoms with Crippen molar-refractivity contribution in [2.45, 2.75) is 13.3 Å².